The van der Waals surface area contributed by atoms with E-state index in [1.807, 2.05) is 13.8 Å². The highest BCUT2D eigenvalue weighted by Gasteiger charge is 2.88. The number of carbonyl (C=O) groups is 1. The molecule has 0 aromatic carbocycles. The second-order valence-electron chi connectivity index (χ2n) is 18.8. The fourth-order valence-corrected chi connectivity index (χ4v) is 14.4. The molecule has 3 aliphatic heterocycles. The lowest BCUT2D eigenvalue weighted by Crippen LogP contribution is -2.61. The second-order valence-corrected chi connectivity index (χ2v) is 18.8. The molecule has 3 heterocycles. The van der Waals surface area contributed by atoms with Crippen LogP contribution in [0.2, 0.25) is 0 Å². The van der Waals surface area contributed by atoms with Gasteiger partial charge in [0.2, 0.25) is 0 Å². The van der Waals surface area contributed by atoms with Gasteiger partial charge in [0.15, 0.2) is 12.1 Å². The lowest BCUT2D eigenvalue weighted by molar-refractivity contribution is -0.303. The van der Waals surface area contributed by atoms with Gasteiger partial charge in [-0.2, -0.15) is 0 Å². The standard InChI is InChI=1S/C37H58O10/c1-18-15-21-28(32(5,6)45-19(2)38)47-37(46-21)27(18)33(7)13-14-36-17-35(36)12-11-24(44-29-26(41)25(40)20(39)16-43-29)31(3,4)22(35)9-10-23(36)34(33,8)30(37)42/h18,20-30,39-42H,9-17H2,1-8H3/t18-,20-,21-,22+,23+,24+,25+,26-,27-,28+,29?,30-,33-,34-,35-,36+,37-/m1/s1. The molecule has 3 saturated heterocycles. The van der Waals surface area contributed by atoms with Crippen molar-refractivity contribution >= 4 is 5.97 Å². The van der Waals surface area contributed by atoms with Gasteiger partial charge in [-0.15, -0.1) is 0 Å². The van der Waals surface area contributed by atoms with E-state index in [1.165, 1.54) is 6.92 Å². The first kappa shape index (κ1) is 33.3. The summed E-state index contributed by atoms with van der Waals surface area (Å²) in [6.07, 6.45) is 1.72. The number of hydrogen-bond donors (Lipinski definition) is 4. The number of hydrogen-bond acceptors (Lipinski definition) is 10. The molecule has 17 atom stereocenters. The Balaban J connectivity index is 1.09. The number of fused-ring (bicyclic) bond motifs is 4. The van der Waals surface area contributed by atoms with Crippen molar-refractivity contribution < 1.29 is 48.9 Å². The van der Waals surface area contributed by atoms with Gasteiger partial charge >= 0.3 is 5.97 Å². The van der Waals surface area contributed by atoms with Gasteiger partial charge < -0.3 is 44.1 Å². The minimum absolute atomic E-state index is 0.0329. The third-order valence-corrected chi connectivity index (χ3v) is 16.3. The number of aliphatic hydroxyl groups excluding tert-OH is 4. The van der Waals surface area contributed by atoms with Crippen molar-refractivity contribution in [1.82, 2.24) is 0 Å². The minimum Gasteiger partial charge on any atom is -0.457 e. The smallest absolute Gasteiger partial charge is 0.303 e. The molecule has 8 aliphatic rings. The lowest BCUT2D eigenvalue weighted by atomic mass is 9.41. The first-order chi connectivity index (χ1) is 21.8. The summed E-state index contributed by atoms with van der Waals surface area (Å²) in [5, 5.41) is 43.7. The second kappa shape index (κ2) is 9.93. The van der Waals surface area contributed by atoms with Crippen molar-refractivity contribution in [2.75, 3.05) is 6.61 Å². The predicted molar refractivity (Wildman–Crippen MR) is 168 cm³/mol. The van der Waals surface area contributed by atoms with Crippen LogP contribution in [0.25, 0.3) is 0 Å². The van der Waals surface area contributed by atoms with Gasteiger partial charge in [-0.25, -0.2) is 0 Å². The molecular formula is C37H58O10. The molecule has 5 aliphatic carbocycles. The summed E-state index contributed by atoms with van der Waals surface area (Å²) in [5.41, 5.74) is -1.36. The zero-order valence-corrected chi connectivity index (χ0v) is 29.5. The van der Waals surface area contributed by atoms with Crippen molar-refractivity contribution in [3.63, 3.8) is 0 Å². The van der Waals surface area contributed by atoms with E-state index in [9.17, 15) is 25.2 Å². The molecule has 47 heavy (non-hydrogen) atoms. The Labute approximate surface area is 279 Å². The zero-order chi connectivity index (χ0) is 33.9. The summed E-state index contributed by atoms with van der Waals surface area (Å²) in [7, 11) is 0. The first-order valence-electron chi connectivity index (χ1n) is 18.4. The number of carbonyl (C=O) groups excluding carboxylic acids is 1. The molecule has 0 aromatic heterocycles. The van der Waals surface area contributed by atoms with Crippen LogP contribution in [0, 0.1) is 50.7 Å². The van der Waals surface area contributed by atoms with Crippen molar-refractivity contribution in [2.45, 2.75) is 167 Å². The summed E-state index contributed by atoms with van der Waals surface area (Å²) in [4.78, 5) is 12.1. The molecule has 10 heteroatoms. The molecule has 0 radical (unpaired) electrons. The summed E-state index contributed by atoms with van der Waals surface area (Å²) in [6, 6.07) is 0. The number of rotatable bonds is 4. The van der Waals surface area contributed by atoms with Crippen molar-refractivity contribution in [1.29, 1.82) is 0 Å². The average Bonchev–Trinajstić information content (AvgIpc) is 3.49. The molecule has 0 amide bonds. The van der Waals surface area contributed by atoms with Crippen molar-refractivity contribution in [3.05, 3.63) is 0 Å². The monoisotopic (exact) mass is 662 g/mol. The van der Waals surface area contributed by atoms with E-state index < -0.39 is 53.6 Å². The van der Waals surface area contributed by atoms with Crippen molar-refractivity contribution in [3.8, 4) is 0 Å². The molecule has 1 unspecified atom stereocenters. The Morgan fingerprint density at radius 3 is 2.28 bits per heavy atom. The van der Waals surface area contributed by atoms with Crippen LogP contribution in [0.4, 0.5) is 0 Å². The van der Waals surface area contributed by atoms with E-state index >= 15 is 0 Å². The minimum atomic E-state index is -1.29. The molecule has 5 saturated carbocycles. The molecule has 266 valence electrons. The Morgan fingerprint density at radius 2 is 1.57 bits per heavy atom. The number of aliphatic hydroxyl groups is 4. The maximum absolute atomic E-state index is 12.8. The Bertz CT molecular complexity index is 1320. The van der Waals surface area contributed by atoms with Crippen LogP contribution >= 0.6 is 0 Å². The largest absolute Gasteiger partial charge is 0.457 e. The molecule has 3 spiro atoms. The number of ether oxygens (including phenoxy) is 5. The van der Waals surface area contributed by atoms with E-state index in [-0.39, 0.29) is 58.3 Å². The van der Waals surface area contributed by atoms with Crippen LogP contribution in [0.15, 0.2) is 0 Å². The van der Waals surface area contributed by atoms with Crippen LogP contribution in [0.5, 0.6) is 0 Å². The highest BCUT2D eigenvalue weighted by molar-refractivity contribution is 5.66. The van der Waals surface area contributed by atoms with E-state index in [0.29, 0.717) is 11.8 Å². The molecule has 0 aromatic rings. The molecule has 4 N–H and O–H groups in total. The van der Waals surface area contributed by atoms with Crippen LogP contribution in [0.1, 0.15) is 107 Å². The quantitative estimate of drug-likeness (QED) is 0.260. The fourth-order valence-electron chi connectivity index (χ4n) is 14.4. The SMILES string of the molecule is CC(=O)OC(C)(C)[C@H]1O[C@]23O[C@@H]1C[C@@H](C)[C@@H]2[C@@]1(C)CC[C@@]24C[C@@]25CC[C@H](OC2OC[C@@H](O)[C@H](O)[C@H]2O)C(C)(C)[C@@H]5CC[C@H]4[C@]1(C)[C@H]3O. The Kier molecular flexibility index (Phi) is 7.03. The van der Waals surface area contributed by atoms with Gasteiger partial charge in [-0.05, 0) is 105 Å². The molecule has 8 rings (SSSR count). The van der Waals surface area contributed by atoms with Crippen molar-refractivity contribution in [2.24, 2.45) is 50.7 Å². The zero-order valence-electron chi connectivity index (χ0n) is 29.5. The van der Waals surface area contributed by atoms with Gasteiger partial charge in [-0.1, -0.05) is 34.6 Å². The fraction of sp³-hybridized carbons (Fsp3) is 0.973. The maximum atomic E-state index is 12.8. The molecule has 2 bridgehead atoms. The topological polar surface area (TPSA) is 144 Å². The lowest BCUT2D eigenvalue weighted by Gasteiger charge is -2.63. The predicted octanol–water partition coefficient (Wildman–Crippen LogP) is 3.69. The van der Waals surface area contributed by atoms with Gasteiger partial charge in [-0.3, -0.25) is 4.79 Å². The first-order valence-corrected chi connectivity index (χ1v) is 18.4. The molecular weight excluding hydrogens is 604 g/mol. The van der Waals surface area contributed by atoms with Crippen LogP contribution in [-0.2, 0) is 28.5 Å². The highest BCUT2D eigenvalue weighted by atomic mass is 16.8. The van der Waals surface area contributed by atoms with Crippen LogP contribution in [-0.4, -0.2) is 93.4 Å². The summed E-state index contributed by atoms with van der Waals surface area (Å²) in [6.45, 7) is 16.8. The van der Waals surface area contributed by atoms with E-state index in [4.69, 9.17) is 23.7 Å². The third kappa shape index (κ3) is 3.88. The van der Waals surface area contributed by atoms with Gasteiger partial charge in [0, 0.05) is 18.3 Å². The summed E-state index contributed by atoms with van der Waals surface area (Å²) in [5.74, 6) is -0.402. The molecule has 8 fully saturated rings. The summed E-state index contributed by atoms with van der Waals surface area (Å²) >= 11 is 0. The maximum Gasteiger partial charge on any atom is 0.303 e. The van der Waals surface area contributed by atoms with Gasteiger partial charge in [0.25, 0.3) is 0 Å². The molecule has 10 nitrogen and oxygen atoms in total. The van der Waals surface area contributed by atoms with Crippen LogP contribution in [0.3, 0.4) is 0 Å². The van der Waals surface area contributed by atoms with Gasteiger partial charge in [0.1, 0.15) is 36.1 Å². The van der Waals surface area contributed by atoms with E-state index in [2.05, 4.69) is 34.6 Å². The normalized spacial score (nSPS) is 58.8. The number of esters is 1. The highest BCUT2D eigenvalue weighted by Crippen LogP contribution is 2.90. The average molecular weight is 663 g/mol. The third-order valence-electron chi connectivity index (χ3n) is 16.3. The Morgan fingerprint density at radius 1 is 0.894 bits per heavy atom. The van der Waals surface area contributed by atoms with E-state index in [0.717, 1.165) is 51.4 Å². The van der Waals surface area contributed by atoms with E-state index in [1.54, 1.807) is 0 Å². The van der Waals surface area contributed by atoms with Crippen LogP contribution < -0.4 is 0 Å². The summed E-state index contributed by atoms with van der Waals surface area (Å²) < 4.78 is 31.9. The van der Waals surface area contributed by atoms with Gasteiger partial charge in [0.05, 0.1) is 18.8 Å². The Hall–Kier alpha value is -0.850.